The van der Waals surface area contributed by atoms with Gasteiger partial charge in [0.2, 0.25) is 0 Å². The van der Waals surface area contributed by atoms with Crippen molar-refractivity contribution in [1.82, 2.24) is 15.2 Å². The fourth-order valence-corrected chi connectivity index (χ4v) is 3.66. The summed E-state index contributed by atoms with van der Waals surface area (Å²) in [7, 11) is 1.56. The highest BCUT2D eigenvalue weighted by Crippen LogP contribution is 2.21. The Hall–Kier alpha value is -3.78. The van der Waals surface area contributed by atoms with Crippen molar-refractivity contribution in [3.05, 3.63) is 104 Å². The first-order valence-corrected chi connectivity index (χ1v) is 10.6. The number of hydrogen-bond acceptors (Lipinski definition) is 5. The molecule has 0 saturated carbocycles. The average Bonchev–Trinajstić information content (AvgIpc) is 2.81. The van der Waals surface area contributed by atoms with Gasteiger partial charge in [-0.3, -0.25) is 9.59 Å². The number of methoxy groups -OCH3 is 1. The largest absolute Gasteiger partial charge is 0.496 e. The van der Waals surface area contributed by atoms with Crippen LogP contribution < -0.4 is 15.7 Å². The van der Waals surface area contributed by atoms with Crippen molar-refractivity contribution in [2.45, 2.75) is 6.54 Å². The van der Waals surface area contributed by atoms with E-state index in [0.29, 0.717) is 22.1 Å². The van der Waals surface area contributed by atoms with Crippen LogP contribution >= 0.6 is 15.9 Å². The number of carbonyl (C=O) groups excluding carboxylic acids is 1. The quantitative estimate of drug-likeness (QED) is 0.327. The third-order valence-corrected chi connectivity index (χ3v) is 5.31. The molecule has 0 aliphatic carbocycles. The summed E-state index contributed by atoms with van der Waals surface area (Å²) in [5.41, 5.74) is 3.96. The van der Waals surface area contributed by atoms with Gasteiger partial charge in [0.15, 0.2) is 5.69 Å². The molecule has 4 aromatic rings. The summed E-state index contributed by atoms with van der Waals surface area (Å²) in [6, 6.07) is 21.9. The zero-order valence-electron chi connectivity index (χ0n) is 17.2. The molecule has 1 amide bonds. The molecule has 0 spiro atoms. The number of ether oxygens (including phenoxy) is 1. The third kappa shape index (κ3) is 4.60. The summed E-state index contributed by atoms with van der Waals surface area (Å²) in [5, 5.41) is 9.30. The second-order valence-electron chi connectivity index (χ2n) is 6.93. The van der Waals surface area contributed by atoms with E-state index in [2.05, 4.69) is 31.6 Å². The summed E-state index contributed by atoms with van der Waals surface area (Å²) in [6.45, 7) is 0.253. The van der Waals surface area contributed by atoms with Crippen LogP contribution in [0.5, 0.6) is 5.75 Å². The van der Waals surface area contributed by atoms with E-state index in [4.69, 9.17) is 4.74 Å². The van der Waals surface area contributed by atoms with E-state index >= 15 is 0 Å². The number of carbonyl (C=O) groups is 1. The fraction of sp³-hybridized carbons (Fsp3) is 0.0833. The van der Waals surface area contributed by atoms with Crippen LogP contribution in [0.3, 0.4) is 0 Å². The molecule has 0 saturated heterocycles. The van der Waals surface area contributed by atoms with Gasteiger partial charge in [-0.1, -0.05) is 64.5 Å². The predicted octanol–water partition coefficient (Wildman–Crippen LogP) is 3.98. The Morgan fingerprint density at radius 2 is 1.81 bits per heavy atom. The van der Waals surface area contributed by atoms with Gasteiger partial charge >= 0.3 is 0 Å². The van der Waals surface area contributed by atoms with Gasteiger partial charge in [0.05, 0.1) is 25.3 Å². The van der Waals surface area contributed by atoms with Gasteiger partial charge in [-0.15, -0.1) is 0 Å². The van der Waals surface area contributed by atoms with Gasteiger partial charge < -0.3 is 4.74 Å². The standard InChI is InChI=1S/C24H19BrN4O3/c1-32-21-12-11-18(25)13-17(21)14-26-27-23(30)22-19-9-5-6-10-20(19)24(31)29(28-22)15-16-7-3-2-4-8-16/h2-14H,15H2,1H3,(H,27,30)/b26-14+. The smallest absolute Gasteiger partial charge is 0.292 e. The molecule has 1 N–H and O–H groups in total. The number of aromatic nitrogens is 2. The molecule has 0 radical (unpaired) electrons. The number of hydrazone groups is 1. The van der Waals surface area contributed by atoms with Gasteiger partial charge in [0.25, 0.3) is 11.5 Å². The first kappa shape index (κ1) is 21.5. The highest BCUT2D eigenvalue weighted by atomic mass is 79.9. The average molecular weight is 491 g/mol. The molecule has 7 nitrogen and oxygen atoms in total. The molecule has 0 aliphatic rings. The van der Waals surface area contributed by atoms with Crippen molar-refractivity contribution >= 4 is 38.8 Å². The Morgan fingerprint density at radius 1 is 1.09 bits per heavy atom. The SMILES string of the molecule is COc1ccc(Br)cc1/C=N/NC(=O)c1nn(Cc2ccccc2)c(=O)c2ccccc12. The number of amides is 1. The summed E-state index contributed by atoms with van der Waals surface area (Å²) in [4.78, 5) is 25.9. The number of nitrogens with one attached hydrogen (secondary N) is 1. The van der Waals surface area contributed by atoms with Crippen molar-refractivity contribution in [2.24, 2.45) is 5.10 Å². The molecule has 0 fully saturated rings. The van der Waals surface area contributed by atoms with Crippen LogP contribution in [0.25, 0.3) is 10.8 Å². The van der Waals surface area contributed by atoms with Gasteiger partial charge in [0, 0.05) is 15.4 Å². The number of hydrogen-bond donors (Lipinski definition) is 1. The van der Waals surface area contributed by atoms with Crippen LogP contribution in [0, 0.1) is 0 Å². The van der Waals surface area contributed by atoms with Gasteiger partial charge in [-0.05, 0) is 29.8 Å². The van der Waals surface area contributed by atoms with E-state index in [1.54, 1.807) is 37.4 Å². The highest BCUT2D eigenvalue weighted by molar-refractivity contribution is 9.10. The minimum Gasteiger partial charge on any atom is -0.496 e. The lowest BCUT2D eigenvalue weighted by molar-refractivity contribution is 0.0949. The van der Waals surface area contributed by atoms with Gasteiger partial charge in [-0.25, -0.2) is 10.1 Å². The molecule has 1 aromatic heterocycles. The van der Waals surface area contributed by atoms with Crippen LogP contribution in [-0.4, -0.2) is 29.0 Å². The highest BCUT2D eigenvalue weighted by Gasteiger charge is 2.16. The lowest BCUT2D eigenvalue weighted by Gasteiger charge is -2.10. The third-order valence-electron chi connectivity index (χ3n) is 4.82. The Bertz CT molecular complexity index is 1370. The normalized spacial score (nSPS) is 11.1. The maximum Gasteiger partial charge on any atom is 0.292 e. The van der Waals surface area contributed by atoms with Crippen molar-refractivity contribution in [3.8, 4) is 5.75 Å². The maximum absolute atomic E-state index is 12.9. The molecule has 0 unspecified atom stereocenters. The fourth-order valence-electron chi connectivity index (χ4n) is 3.29. The zero-order valence-corrected chi connectivity index (χ0v) is 18.7. The molecular formula is C24H19BrN4O3. The second-order valence-corrected chi connectivity index (χ2v) is 7.84. The lowest BCUT2D eigenvalue weighted by Crippen LogP contribution is -2.29. The zero-order chi connectivity index (χ0) is 22.5. The minimum absolute atomic E-state index is 0.120. The maximum atomic E-state index is 12.9. The number of nitrogens with zero attached hydrogens (tertiary/aromatic N) is 3. The van der Waals surface area contributed by atoms with Crippen molar-refractivity contribution in [1.29, 1.82) is 0 Å². The summed E-state index contributed by atoms with van der Waals surface area (Å²) >= 11 is 3.41. The molecule has 0 bridgehead atoms. The van der Waals surface area contributed by atoms with E-state index in [1.165, 1.54) is 10.9 Å². The van der Waals surface area contributed by atoms with Gasteiger partial charge in [0.1, 0.15) is 5.75 Å². The molecule has 4 rings (SSSR count). The Kier molecular flexibility index (Phi) is 6.42. The lowest BCUT2D eigenvalue weighted by atomic mass is 10.1. The van der Waals surface area contributed by atoms with Crippen molar-refractivity contribution < 1.29 is 9.53 Å². The van der Waals surface area contributed by atoms with Crippen LogP contribution in [0.15, 0.2) is 87.2 Å². The molecule has 160 valence electrons. The van der Waals surface area contributed by atoms with E-state index in [1.807, 2.05) is 42.5 Å². The first-order chi connectivity index (χ1) is 15.6. The van der Waals surface area contributed by atoms with Crippen LogP contribution in [0.2, 0.25) is 0 Å². The molecule has 8 heteroatoms. The van der Waals surface area contributed by atoms with Crippen LogP contribution in [0.4, 0.5) is 0 Å². The number of fused-ring (bicyclic) bond motifs is 1. The van der Waals surface area contributed by atoms with Crippen molar-refractivity contribution in [3.63, 3.8) is 0 Å². The summed E-state index contributed by atoms with van der Waals surface area (Å²) < 4.78 is 7.46. The van der Waals surface area contributed by atoms with E-state index in [9.17, 15) is 9.59 Å². The minimum atomic E-state index is -0.520. The van der Waals surface area contributed by atoms with Crippen molar-refractivity contribution in [2.75, 3.05) is 7.11 Å². The number of benzene rings is 3. The summed E-state index contributed by atoms with van der Waals surface area (Å²) in [6.07, 6.45) is 1.49. The number of halogens is 1. The molecular weight excluding hydrogens is 472 g/mol. The Balaban J connectivity index is 1.67. The Labute approximate surface area is 192 Å². The summed E-state index contributed by atoms with van der Waals surface area (Å²) in [5.74, 6) is 0.0967. The monoisotopic (exact) mass is 490 g/mol. The molecule has 0 atom stereocenters. The number of rotatable bonds is 6. The Morgan fingerprint density at radius 3 is 2.56 bits per heavy atom. The van der Waals surface area contributed by atoms with E-state index < -0.39 is 5.91 Å². The van der Waals surface area contributed by atoms with E-state index in [0.717, 1.165) is 10.0 Å². The van der Waals surface area contributed by atoms with Gasteiger partial charge in [-0.2, -0.15) is 10.2 Å². The molecule has 32 heavy (non-hydrogen) atoms. The first-order valence-electron chi connectivity index (χ1n) is 9.77. The van der Waals surface area contributed by atoms with Crippen LogP contribution in [0.1, 0.15) is 21.6 Å². The molecule has 1 heterocycles. The van der Waals surface area contributed by atoms with Crippen LogP contribution in [-0.2, 0) is 6.54 Å². The predicted molar refractivity (Wildman–Crippen MR) is 127 cm³/mol. The second kappa shape index (κ2) is 9.57. The molecule has 0 aliphatic heterocycles. The molecule has 3 aromatic carbocycles. The topological polar surface area (TPSA) is 85.6 Å². The van der Waals surface area contributed by atoms with E-state index in [-0.39, 0.29) is 17.8 Å².